The van der Waals surface area contributed by atoms with Gasteiger partial charge in [-0.25, -0.2) is 0 Å². The van der Waals surface area contributed by atoms with Crippen LogP contribution in [-0.4, -0.2) is 15.4 Å². The Morgan fingerprint density at radius 1 is 1.53 bits per heavy atom. The molecule has 0 amide bonds. The van der Waals surface area contributed by atoms with Crippen LogP contribution in [0.25, 0.3) is 0 Å². The summed E-state index contributed by atoms with van der Waals surface area (Å²) in [7, 11) is 0. The first kappa shape index (κ1) is 11.4. The molecule has 1 heterocycles. The van der Waals surface area contributed by atoms with Gasteiger partial charge < -0.3 is 0 Å². The van der Waals surface area contributed by atoms with Gasteiger partial charge in [-0.1, -0.05) is 19.8 Å². The summed E-state index contributed by atoms with van der Waals surface area (Å²) in [4.78, 5) is 21.4. The molecule has 0 saturated heterocycles. The van der Waals surface area contributed by atoms with Crippen LogP contribution in [0, 0.1) is 10.1 Å². The van der Waals surface area contributed by atoms with Crippen molar-refractivity contribution in [1.82, 2.24) is 4.57 Å². The van der Waals surface area contributed by atoms with Crippen molar-refractivity contribution in [2.45, 2.75) is 32.6 Å². The second kappa shape index (κ2) is 5.29. The van der Waals surface area contributed by atoms with E-state index in [0.29, 0.717) is 6.42 Å². The Morgan fingerprint density at radius 2 is 2.27 bits per heavy atom. The van der Waals surface area contributed by atoms with Gasteiger partial charge in [0.25, 0.3) is 5.69 Å². The molecular formula is C10H14N2O3. The number of nitro groups is 1. The van der Waals surface area contributed by atoms with Crippen molar-refractivity contribution >= 4 is 11.6 Å². The molecule has 0 aromatic carbocycles. The van der Waals surface area contributed by atoms with E-state index in [4.69, 9.17) is 0 Å². The van der Waals surface area contributed by atoms with Gasteiger partial charge >= 0.3 is 0 Å². The number of hydrogen-bond acceptors (Lipinski definition) is 3. The molecule has 0 atom stereocenters. The van der Waals surface area contributed by atoms with E-state index in [9.17, 15) is 14.9 Å². The number of nitrogens with zero attached hydrogens (tertiary/aromatic N) is 2. The molecule has 0 aliphatic carbocycles. The Balaban J connectivity index is 2.54. The topological polar surface area (TPSA) is 65.1 Å². The lowest BCUT2D eigenvalue weighted by atomic mass is 10.2. The first-order valence-electron chi connectivity index (χ1n) is 5.00. The van der Waals surface area contributed by atoms with E-state index in [0.717, 1.165) is 19.3 Å². The van der Waals surface area contributed by atoms with Crippen molar-refractivity contribution in [2.75, 3.05) is 0 Å². The number of unbranched alkanes of at least 4 members (excludes halogenated alkanes) is 2. The molecule has 1 aromatic rings. The van der Waals surface area contributed by atoms with Gasteiger partial charge in [0.15, 0.2) is 0 Å². The van der Waals surface area contributed by atoms with Crippen LogP contribution >= 0.6 is 0 Å². The second-order valence-corrected chi connectivity index (χ2v) is 3.38. The smallest absolute Gasteiger partial charge is 0.287 e. The van der Waals surface area contributed by atoms with Crippen LogP contribution < -0.4 is 0 Å². The van der Waals surface area contributed by atoms with Crippen LogP contribution in [0.1, 0.15) is 37.4 Å². The minimum absolute atomic E-state index is 0.0427. The number of carbonyl (C=O) groups is 1. The predicted molar refractivity (Wildman–Crippen MR) is 55.9 cm³/mol. The molecule has 82 valence electrons. The van der Waals surface area contributed by atoms with Crippen molar-refractivity contribution < 1.29 is 9.72 Å². The monoisotopic (exact) mass is 210 g/mol. The fourth-order valence-corrected chi connectivity index (χ4v) is 1.30. The fourth-order valence-electron chi connectivity index (χ4n) is 1.30. The Morgan fingerprint density at radius 3 is 2.80 bits per heavy atom. The van der Waals surface area contributed by atoms with Gasteiger partial charge in [0.1, 0.15) is 0 Å². The molecule has 0 radical (unpaired) electrons. The van der Waals surface area contributed by atoms with Crippen LogP contribution in [-0.2, 0) is 0 Å². The standard InChI is InChI=1S/C10H14N2O3/c1-2-3-4-5-10(13)11-7-6-9(8-11)12(14)15/h6-8H,2-5H2,1H3. The van der Waals surface area contributed by atoms with E-state index < -0.39 is 4.92 Å². The van der Waals surface area contributed by atoms with Gasteiger partial charge in [0.05, 0.1) is 11.1 Å². The predicted octanol–water partition coefficient (Wildman–Crippen LogP) is 2.62. The van der Waals surface area contributed by atoms with Crippen LogP contribution in [0.15, 0.2) is 18.5 Å². The maximum absolute atomic E-state index is 11.5. The summed E-state index contributed by atoms with van der Waals surface area (Å²) < 4.78 is 1.29. The van der Waals surface area contributed by atoms with Gasteiger partial charge in [0, 0.05) is 18.7 Å². The van der Waals surface area contributed by atoms with E-state index in [1.807, 2.05) is 0 Å². The van der Waals surface area contributed by atoms with E-state index in [1.165, 1.54) is 23.0 Å². The molecule has 5 nitrogen and oxygen atoms in total. The lowest BCUT2D eigenvalue weighted by molar-refractivity contribution is -0.384. The van der Waals surface area contributed by atoms with Crippen molar-refractivity contribution in [3.05, 3.63) is 28.6 Å². The van der Waals surface area contributed by atoms with E-state index in [1.54, 1.807) is 0 Å². The number of carbonyl (C=O) groups excluding carboxylic acids is 1. The first-order chi connectivity index (χ1) is 7.15. The van der Waals surface area contributed by atoms with Gasteiger partial charge in [-0.3, -0.25) is 19.5 Å². The van der Waals surface area contributed by atoms with Crippen molar-refractivity contribution in [2.24, 2.45) is 0 Å². The summed E-state index contributed by atoms with van der Waals surface area (Å²) in [6, 6.07) is 1.33. The molecule has 0 N–H and O–H groups in total. The quantitative estimate of drug-likeness (QED) is 0.426. The molecule has 1 aromatic heterocycles. The third kappa shape index (κ3) is 3.19. The molecule has 0 bridgehead atoms. The Kier molecular flexibility index (Phi) is 4.03. The van der Waals surface area contributed by atoms with Crippen LogP contribution in [0.5, 0.6) is 0 Å². The summed E-state index contributed by atoms with van der Waals surface area (Å²) in [5.74, 6) is -0.0865. The zero-order valence-corrected chi connectivity index (χ0v) is 8.68. The highest BCUT2D eigenvalue weighted by Gasteiger charge is 2.11. The molecule has 0 aliphatic rings. The van der Waals surface area contributed by atoms with Crippen molar-refractivity contribution in [1.29, 1.82) is 0 Å². The lowest BCUT2D eigenvalue weighted by Crippen LogP contribution is -2.07. The van der Waals surface area contributed by atoms with E-state index in [2.05, 4.69) is 6.92 Å². The van der Waals surface area contributed by atoms with Gasteiger partial charge in [0.2, 0.25) is 5.91 Å². The summed E-state index contributed by atoms with van der Waals surface area (Å²) in [5, 5.41) is 10.4. The molecule has 0 unspecified atom stereocenters. The third-order valence-corrected chi connectivity index (χ3v) is 2.17. The normalized spacial score (nSPS) is 10.2. The lowest BCUT2D eigenvalue weighted by Gasteiger charge is -1.99. The van der Waals surface area contributed by atoms with Crippen LogP contribution in [0.2, 0.25) is 0 Å². The molecule has 0 saturated carbocycles. The molecule has 1 rings (SSSR count). The summed E-state index contributed by atoms with van der Waals surface area (Å²) >= 11 is 0. The maximum atomic E-state index is 11.5. The van der Waals surface area contributed by atoms with Gasteiger partial charge in [-0.15, -0.1) is 0 Å². The molecule has 0 aliphatic heterocycles. The minimum Gasteiger partial charge on any atom is -0.288 e. The molecule has 15 heavy (non-hydrogen) atoms. The summed E-state index contributed by atoms with van der Waals surface area (Å²) in [5.41, 5.74) is -0.0427. The fraction of sp³-hybridized carbons (Fsp3) is 0.500. The van der Waals surface area contributed by atoms with Crippen LogP contribution in [0.3, 0.4) is 0 Å². The highest BCUT2D eigenvalue weighted by Crippen LogP contribution is 2.12. The third-order valence-electron chi connectivity index (χ3n) is 2.17. The maximum Gasteiger partial charge on any atom is 0.287 e. The van der Waals surface area contributed by atoms with Gasteiger partial charge in [-0.05, 0) is 6.42 Å². The second-order valence-electron chi connectivity index (χ2n) is 3.38. The highest BCUT2D eigenvalue weighted by atomic mass is 16.6. The number of rotatable bonds is 5. The summed E-state index contributed by atoms with van der Waals surface area (Å²) in [6.07, 6.45) is 6.04. The summed E-state index contributed by atoms with van der Waals surface area (Å²) in [6.45, 7) is 2.06. The Bertz CT molecular complexity index is 357. The first-order valence-corrected chi connectivity index (χ1v) is 5.00. The zero-order chi connectivity index (χ0) is 11.3. The van der Waals surface area contributed by atoms with E-state index in [-0.39, 0.29) is 11.6 Å². The van der Waals surface area contributed by atoms with Crippen molar-refractivity contribution in [3.8, 4) is 0 Å². The number of aromatic nitrogens is 1. The zero-order valence-electron chi connectivity index (χ0n) is 8.68. The Hall–Kier alpha value is -1.65. The average Bonchev–Trinajstić information content (AvgIpc) is 2.66. The molecule has 0 spiro atoms. The minimum atomic E-state index is -0.504. The molecule has 0 fully saturated rings. The average molecular weight is 210 g/mol. The number of hydrogen-bond donors (Lipinski definition) is 0. The van der Waals surface area contributed by atoms with Crippen LogP contribution in [0.4, 0.5) is 5.69 Å². The van der Waals surface area contributed by atoms with Gasteiger partial charge in [-0.2, -0.15) is 0 Å². The van der Waals surface area contributed by atoms with Crippen molar-refractivity contribution in [3.63, 3.8) is 0 Å². The SMILES string of the molecule is CCCCCC(=O)n1ccc([N+](=O)[O-])c1. The van der Waals surface area contributed by atoms with E-state index >= 15 is 0 Å². The largest absolute Gasteiger partial charge is 0.288 e. The molecule has 5 heteroatoms. The highest BCUT2D eigenvalue weighted by molar-refractivity contribution is 5.79. The molecular weight excluding hydrogens is 196 g/mol. The Labute approximate surface area is 87.9 Å².